The van der Waals surface area contributed by atoms with Gasteiger partial charge in [-0.1, -0.05) is 32.6 Å². The molecule has 0 radical (unpaired) electrons. The Bertz CT molecular complexity index is 461. The molecular weight excluding hydrogens is 272 g/mol. The highest BCUT2D eigenvalue weighted by Gasteiger charge is 2.22. The molecule has 0 atom stereocenters. The van der Waals surface area contributed by atoms with Crippen LogP contribution in [0.1, 0.15) is 62.2 Å². The molecule has 0 bridgehead atoms. The van der Waals surface area contributed by atoms with Gasteiger partial charge in [0.1, 0.15) is 0 Å². The van der Waals surface area contributed by atoms with Gasteiger partial charge in [0.2, 0.25) is 0 Å². The van der Waals surface area contributed by atoms with Crippen molar-refractivity contribution in [2.45, 2.75) is 57.9 Å². The molecule has 0 aliphatic heterocycles. The van der Waals surface area contributed by atoms with Crippen LogP contribution in [0.5, 0.6) is 0 Å². The molecule has 0 spiro atoms. The van der Waals surface area contributed by atoms with Crippen molar-refractivity contribution in [1.82, 2.24) is 4.90 Å². The Morgan fingerprint density at radius 1 is 1.05 bits per heavy atom. The van der Waals surface area contributed by atoms with Crippen LogP contribution in [0, 0.1) is 0 Å². The van der Waals surface area contributed by atoms with Crippen LogP contribution in [-0.2, 0) is 0 Å². The maximum Gasteiger partial charge on any atom is 0.253 e. The Morgan fingerprint density at radius 3 is 2.18 bits per heavy atom. The summed E-state index contributed by atoms with van der Waals surface area (Å²) in [6, 6.07) is 8.47. The lowest BCUT2D eigenvalue weighted by Crippen LogP contribution is -2.36. The summed E-state index contributed by atoms with van der Waals surface area (Å²) >= 11 is 0. The third-order valence-electron chi connectivity index (χ3n) is 4.81. The molecule has 1 aliphatic rings. The molecule has 22 heavy (non-hydrogen) atoms. The van der Waals surface area contributed by atoms with Gasteiger partial charge in [-0.15, -0.1) is 0 Å². The van der Waals surface area contributed by atoms with Crippen molar-refractivity contribution in [1.29, 1.82) is 0 Å². The highest BCUT2D eigenvalue weighted by Crippen LogP contribution is 2.23. The zero-order chi connectivity index (χ0) is 15.9. The van der Waals surface area contributed by atoms with Crippen LogP contribution < -0.4 is 4.90 Å². The third-order valence-corrected chi connectivity index (χ3v) is 4.81. The first-order valence-corrected chi connectivity index (χ1v) is 8.72. The van der Waals surface area contributed by atoms with E-state index >= 15 is 0 Å². The van der Waals surface area contributed by atoms with Crippen LogP contribution in [0.3, 0.4) is 0 Å². The number of hydrogen-bond acceptors (Lipinski definition) is 2. The Balaban J connectivity index is 2.02. The summed E-state index contributed by atoms with van der Waals surface area (Å²) in [5, 5.41) is 0. The van der Waals surface area contributed by atoms with E-state index in [1.165, 1.54) is 31.4 Å². The van der Waals surface area contributed by atoms with Gasteiger partial charge >= 0.3 is 0 Å². The second-order valence-electron chi connectivity index (χ2n) is 6.53. The lowest BCUT2D eigenvalue weighted by atomic mass is 10.1. The van der Waals surface area contributed by atoms with E-state index < -0.39 is 0 Å². The van der Waals surface area contributed by atoms with Gasteiger partial charge in [-0.3, -0.25) is 4.79 Å². The first kappa shape index (κ1) is 16.9. The molecule has 3 heteroatoms. The number of nitrogens with zero attached hydrogens (tertiary/aromatic N) is 2. The number of rotatable bonds is 5. The Kier molecular flexibility index (Phi) is 6.29. The number of amides is 1. The minimum Gasteiger partial charge on any atom is -0.375 e. The molecule has 1 aromatic rings. The molecule has 2 rings (SSSR count). The van der Waals surface area contributed by atoms with Crippen LogP contribution >= 0.6 is 0 Å². The van der Waals surface area contributed by atoms with Gasteiger partial charge in [0.15, 0.2) is 0 Å². The van der Waals surface area contributed by atoms with Gasteiger partial charge in [-0.05, 0) is 43.5 Å². The average Bonchev–Trinajstić information content (AvgIpc) is 2.83. The average molecular weight is 302 g/mol. The van der Waals surface area contributed by atoms with Gasteiger partial charge in [-0.2, -0.15) is 0 Å². The van der Waals surface area contributed by atoms with Crippen LogP contribution in [0.15, 0.2) is 24.3 Å². The highest BCUT2D eigenvalue weighted by atomic mass is 16.2. The monoisotopic (exact) mass is 302 g/mol. The number of benzene rings is 1. The van der Waals surface area contributed by atoms with Crippen molar-refractivity contribution in [3.05, 3.63) is 29.8 Å². The molecule has 3 nitrogen and oxygen atoms in total. The molecule has 1 fully saturated rings. The van der Waals surface area contributed by atoms with Gasteiger partial charge in [0.25, 0.3) is 5.91 Å². The van der Waals surface area contributed by atoms with Gasteiger partial charge in [0.05, 0.1) is 0 Å². The first-order chi connectivity index (χ1) is 10.6. The fraction of sp³-hybridized carbons (Fsp3) is 0.632. The van der Waals surface area contributed by atoms with Crippen LogP contribution in [0.25, 0.3) is 0 Å². The van der Waals surface area contributed by atoms with E-state index in [0.29, 0.717) is 6.04 Å². The molecule has 0 unspecified atom stereocenters. The van der Waals surface area contributed by atoms with Gasteiger partial charge in [-0.25, -0.2) is 0 Å². The van der Waals surface area contributed by atoms with E-state index in [9.17, 15) is 4.79 Å². The fourth-order valence-corrected chi connectivity index (χ4v) is 3.34. The summed E-state index contributed by atoms with van der Waals surface area (Å²) in [5.41, 5.74) is 1.98. The van der Waals surface area contributed by atoms with Crippen molar-refractivity contribution in [3.63, 3.8) is 0 Å². The number of carbonyl (C=O) groups excluding carboxylic acids is 1. The minimum atomic E-state index is 0.164. The maximum atomic E-state index is 12.7. The molecule has 0 saturated heterocycles. The summed E-state index contributed by atoms with van der Waals surface area (Å²) in [6.07, 6.45) is 8.57. The first-order valence-electron chi connectivity index (χ1n) is 8.72. The van der Waals surface area contributed by atoms with Crippen LogP contribution in [0.4, 0.5) is 5.69 Å². The van der Waals surface area contributed by atoms with Crippen LogP contribution in [-0.4, -0.2) is 37.5 Å². The second kappa shape index (κ2) is 8.21. The van der Waals surface area contributed by atoms with Crippen molar-refractivity contribution >= 4 is 11.6 Å². The molecule has 1 saturated carbocycles. The fourth-order valence-electron chi connectivity index (χ4n) is 3.34. The summed E-state index contributed by atoms with van der Waals surface area (Å²) < 4.78 is 0. The topological polar surface area (TPSA) is 23.6 Å². The highest BCUT2D eigenvalue weighted by molar-refractivity contribution is 5.94. The molecular formula is C19H30N2O. The maximum absolute atomic E-state index is 12.7. The predicted octanol–water partition coefficient (Wildman–Crippen LogP) is 4.33. The standard InChI is InChI=1S/C19H30N2O/c1-4-15-20(2)17-13-11-16(12-14-17)19(22)21(3)18-9-7-5-6-8-10-18/h11-14,18H,4-10,15H2,1-3H3. The SMILES string of the molecule is CCCN(C)c1ccc(C(=O)N(C)C2CCCCCC2)cc1. The zero-order valence-corrected chi connectivity index (χ0v) is 14.3. The molecule has 1 amide bonds. The van der Waals surface area contributed by atoms with Crippen LogP contribution in [0.2, 0.25) is 0 Å². The van der Waals surface area contributed by atoms with E-state index in [0.717, 1.165) is 31.4 Å². The summed E-state index contributed by atoms with van der Waals surface area (Å²) in [5.74, 6) is 0.164. The minimum absolute atomic E-state index is 0.164. The largest absolute Gasteiger partial charge is 0.375 e. The van der Waals surface area contributed by atoms with Crippen molar-refractivity contribution in [2.24, 2.45) is 0 Å². The van der Waals surface area contributed by atoms with Crippen molar-refractivity contribution in [2.75, 3.05) is 25.5 Å². The zero-order valence-electron chi connectivity index (χ0n) is 14.3. The normalized spacial score (nSPS) is 16.1. The Hall–Kier alpha value is -1.51. The molecule has 0 N–H and O–H groups in total. The molecule has 0 heterocycles. The smallest absolute Gasteiger partial charge is 0.253 e. The summed E-state index contributed by atoms with van der Waals surface area (Å²) in [7, 11) is 4.06. The van der Waals surface area contributed by atoms with Gasteiger partial charge < -0.3 is 9.80 Å². The molecule has 122 valence electrons. The van der Waals surface area contributed by atoms with Gasteiger partial charge in [0, 0.05) is 37.9 Å². The molecule has 1 aromatic carbocycles. The summed E-state index contributed by atoms with van der Waals surface area (Å²) in [4.78, 5) is 16.9. The van der Waals surface area contributed by atoms with E-state index in [2.05, 4.69) is 31.0 Å². The molecule has 1 aliphatic carbocycles. The van der Waals surface area contributed by atoms with E-state index in [4.69, 9.17) is 0 Å². The lowest BCUT2D eigenvalue weighted by Gasteiger charge is -2.27. The predicted molar refractivity (Wildman–Crippen MR) is 93.6 cm³/mol. The van der Waals surface area contributed by atoms with E-state index in [1.807, 2.05) is 24.1 Å². The lowest BCUT2D eigenvalue weighted by molar-refractivity contribution is 0.0718. The van der Waals surface area contributed by atoms with E-state index in [1.54, 1.807) is 0 Å². The quantitative estimate of drug-likeness (QED) is 0.756. The van der Waals surface area contributed by atoms with Crippen molar-refractivity contribution < 1.29 is 4.79 Å². The number of carbonyl (C=O) groups is 1. The summed E-state index contributed by atoms with van der Waals surface area (Å²) in [6.45, 7) is 3.21. The third kappa shape index (κ3) is 4.25. The molecule has 0 aromatic heterocycles. The van der Waals surface area contributed by atoms with E-state index in [-0.39, 0.29) is 5.91 Å². The Labute approximate surface area is 135 Å². The number of hydrogen-bond donors (Lipinski definition) is 0. The second-order valence-corrected chi connectivity index (χ2v) is 6.53. The Morgan fingerprint density at radius 2 is 1.64 bits per heavy atom. The number of anilines is 1. The van der Waals surface area contributed by atoms with Crippen molar-refractivity contribution in [3.8, 4) is 0 Å².